The van der Waals surface area contributed by atoms with Crippen molar-refractivity contribution < 1.29 is 4.74 Å². The van der Waals surface area contributed by atoms with Crippen molar-refractivity contribution in [2.45, 2.75) is 41.2 Å². The second-order valence-electron chi connectivity index (χ2n) is 6.29. The standard InChI is InChI=1S/C17H27N3O/c1-6-21-15-9-7-8-14-16(15)19-17(18)20(14)10-13(11(2)3)12(4)5/h7-9,11-13H,6,10H2,1-5H3,(H2,18,19). The van der Waals surface area contributed by atoms with E-state index in [-0.39, 0.29) is 0 Å². The molecule has 0 radical (unpaired) electrons. The molecule has 4 heteroatoms. The molecule has 21 heavy (non-hydrogen) atoms. The number of rotatable bonds is 6. The van der Waals surface area contributed by atoms with Crippen LogP contribution in [0.5, 0.6) is 5.75 Å². The van der Waals surface area contributed by atoms with Crippen LogP contribution in [-0.4, -0.2) is 16.2 Å². The summed E-state index contributed by atoms with van der Waals surface area (Å²) in [6.07, 6.45) is 0. The number of benzene rings is 1. The third-order valence-electron chi connectivity index (χ3n) is 4.18. The van der Waals surface area contributed by atoms with E-state index in [1.165, 1.54) is 0 Å². The highest BCUT2D eigenvalue weighted by Crippen LogP contribution is 2.30. The maximum absolute atomic E-state index is 6.16. The summed E-state index contributed by atoms with van der Waals surface area (Å²) >= 11 is 0. The van der Waals surface area contributed by atoms with E-state index in [1.807, 2.05) is 19.1 Å². The lowest BCUT2D eigenvalue weighted by Gasteiger charge is -2.26. The molecular weight excluding hydrogens is 262 g/mol. The fourth-order valence-corrected chi connectivity index (χ4v) is 3.01. The van der Waals surface area contributed by atoms with E-state index in [0.29, 0.717) is 30.3 Å². The van der Waals surface area contributed by atoms with Crippen LogP contribution in [0, 0.1) is 17.8 Å². The topological polar surface area (TPSA) is 53.1 Å². The van der Waals surface area contributed by atoms with Gasteiger partial charge in [0, 0.05) is 6.54 Å². The third kappa shape index (κ3) is 3.14. The van der Waals surface area contributed by atoms with Crippen molar-refractivity contribution in [2.75, 3.05) is 12.3 Å². The second kappa shape index (κ2) is 6.37. The van der Waals surface area contributed by atoms with Gasteiger partial charge < -0.3 is 15.0 Å². The zero-order valence-electron chi connectivity index (χ0n) is 13.8. The molecule has 2 aromatic rings. The first-order valence-electron chi connectivity index (χ1n) is 7.83. The Bertz CT molecular complexity index is 593. The molecule has 0 saturated heterocycles. The van der Waals surface area contributed by atoms with Gasteiger partial charge in [-0.15, -0.1) is 0 Å². The summed E-state index contributed by atoms with van der Waals surface area (Å²) in [4.78, 5) is 4.52. The largest absolute Gasteiger partial charge is 0.492 e. The maximum atomic E-state index is 6.16. The Labute approximate surface area is 127 Å². The number of ether oxygens (including phenoxy) is 1. The lowest BCUT2D eigenvalue weighted by Crippen LogP contribution is -2.22. The van der Waals surface area contributed by atoms with Gasteiger partial charge in [0.05, 0.1) is 12.1 Å². The smallest absolute Gasteiger partial charge is 0.201 e. The van der Waals surface area contributed by atoms with Gasteiger partial charge in [0.25, 0.3) is 0 Å². The maximum Gasteiger partial charge on any atom is 0.201 e. The van der Waals surface area contributed by atoms with Gasteiger partial charge in [-0.1, -0.05) is 33.8 Å². The van der Waals surface area contributed by atoms with Gasteiger partial charge in [0.2, 0.25) is 5.95 Å². The molecule has 0 aliphatic heterocycles. The number of para-hydroxylation sites is 1. The monoisotopic (exact) mass is 289 g/mol. The highest BCUT2D eigenvalue weighted by molar-refractivity contribution is 5.84. The predicted octanol–water partition coefficient (Wildman–Crippen LogP) is 3.95. The molecule has 0 bridgehead atoms. The van der Waals surface area contributed by atoms with E-state index < -0.39 is 0 Å². The Hall–Kier alpha value is -1.71. The molecule has 0 unspecified atom stereocenters. The van der Waals surface area contributed by atoms with Crippen LogP contribution in [0.15, 0.2) is 18.2 Å². The highest BCUT2D eigenvalue weighted by atomic mass is 16.5. The Morgan fingerprint density at radius 2 is 1.86 bits per heavy atom. The van der Waals surface area contributed by atoms with Gasteiger partial charge in [-0.2, -0.15) is 0 Å². The van der Waals surface area contributed by atoms with E-state index in [0.717, 1.165) is 23.3 Å². The quantitative estimate of drug-likeness (QED) is 0.876. The molecule has 0 aliphatic carbocycles. The molecule has 2 N–H and O–H groups in total. The Morgan fingerprint density at radius 1 is 1.19 bits per heavy atom. The van der Waals surface area contributed by atoms with E-state index in [9.17, 15) is 0 Å². The van der Waals surface area contributed by atoms with Crippen molar-refractivity contribution in [2.24, 2.45) is 17.8 Å². The Kier molecular flexibility index (Phi) is 4.76. The summed E-state index contributed by atoms with van der Waals surface area (Å²) in [6, 6.07) is 6.02. The summed E-state index contributed by atoms with van der Waals surface area (Å²) in [6.45, 7) is 12.6. The van der Waals surface area contributed by atoms with Crippen LogP contribution in [0.1, 0.15) is 34.6 Å². The van der Waals surface area contributed by atoms with Crippen molar-refractivity contribution in [1.29, 1.82) is 0 Å². The van der Waals surface area contributed by atoms with Crippen LogP contribution < -0.4 is 10.5 Å². The van der Waals surface area contributed by atoms with Gasteiger partial charge in [-0.25, -0.2) is 4.98 Å². The molecule has 0 fully saturated rings. The summed E-state index contributed by atoms with van der Waals surface area (Å²) in [7, 11) is 0. The SMILES string of the molecule is CCOc1cccc2c1nc(N)n2CC(C(C)C)C(C)C. The van der Waals surface area contributed by atoms with Gasteiger partial charge >= 0.3 is 0 Å². The number of hydrogen-bond acceptors (Lipinski definition) is 3. The number of aromatic nitrogens is 2. The van der Waals surface area contributed by atoms with E-state index >= 15 is 0 Å². The fourth-order valence-electron chi connectivity index (χ4n) is 3.01. The minimum absolute atomic E-state index is 0.570. The molecule has 4 nitrogen and oxygen atoms in total. The minimum Gasteiger partial charge on any atom is -0.492 e. The van der Waals surface area contributed by atoms with Crippen molar-refractivity contribution in [1.82, 2.24) is 9.55 Å². The molecule has 1 heterocycles. The van der Waals surface area contributed by atoms with E-state index in [1.54, 1.807) is 0 Å². The van der Waals surface area contributed by atoms with Crippen LogP contribution in [0.2, 0.25) is 0 Å². The first kappa shape index (κ1) is 15.7. The minimum atomic E-state index is 0.570. The fraction of sp³-hybridized carbons (Fsp3) is 0.588. The molecule has 0 aliphatic rings. The number of nitrogen functional groups attached to an aromatic ring is 1. The van der Waals surface area contributed by atoms with E-state index in [4.69, 9.17) is 10.5 Å². The summed E-state index contributed by atoms with van der Waals surface area (Å²) in [5.74, 6) is 3.17. The van der Waals surface area contributed by atoms with Gasteiger partial charge in [0.15, 0.2) is 0 Å². The molecule has 116 valence electrons. The van der Waals surface area contributed by atoms with Crippen LogP contribution in [-0.2, 0) is 6.54 Å². The Balaban J connectivity index is 2.44. The Morgan fingerprint density at radius 3 is 2.43 bits per heavy atom. The van der Waals surface area contributed by atoms with Crippen molar-refractivity contribution in [3.05, 3.63) is 18.2 Å². The first-order chi connectivity index (χ1) is 9.95. The third-order valence-corrected chi connectivity index (χ3v) is 4.18. The molecule has 0 saturated carbocycles. The number of hydrogen-bond donors (Lipinski definition) is 1. The zero-order chi connectivity index (χ0) is 15.6. The normalized spacial score (nSPS) is 12.0. The van der Waals surface area contributed by atoms with E-state index in [2.05, 4.69) is 43.3 Å². The average Bonchev–Trinajstić information content (AvgIpc) is 2.72. The molecule has 0 spiro atoms. The molecule has 2 rings (SSSR count). The number of anilines is 1. The molecule has 0 atom stereocenters. The molecule has 1 aromatic carbocycles. The van der Waals surface area contributed by atoms with Crippen molar-refractivity contribution in [3.8, 4) is 5.75 Å². The first-order valence-corrected chi connectivity index (χ1v) is 7.83. The van der Waals surface area contributed by atoms with Crippen molar-refractivity contribution in [3.63, 3.8) is 0 Å². The molecule has 1 aromatic heterocycles. The lowest BCUT2D eigenvalue weighted by atomic mass is 9.85. The summed E-state index contributed by atoms with van der Waals surface area (Å²) in [5, 5.41) is 0. The summed E-state index contributed by atoms with van der Waals surface area (Å²) < 4.78 is 7.78. The molecule has 0 amide bonds. The van der Waals surface area contributed by atoms with Gasteiger partial charge in [-0.3, -0.25) is 0 Å². The van der Waals surface area contributed by atoms with Crippen molar-refractivity contribution >= 4 is 17.0 Å². The number of fused-ring (bicyclic) bond motifs is 1. The lowest BCUT2D eigenvalue weighted by molar-refractivity contribution is 0.255. The highest BCUT2D eigenvalue weighted by Gasteiger charge is 2.21. The van der Waals surface area contributed by atoms with Crippen LogP contribution in [0.3, 0.4) is 0 Å². The number of nitrogens with zero attached hydrogens (tertiary/aromatic N) is 2. The van der Waals surface area contributed by atoms with Crippen LogP contribution in [0.4, 0.5) is 5.95 Å². The predicted molar refractivity (Wildman–Crippen MR) is 88.5 cm³/mol. The van der Waals surface area contributed by atoms with Gasteiger partial charge in [0.1, 0.15) is 11.3 Å². The van der Waals surface area contributed by atoms with Crippen LogP contribution in [0.25, 0.3) is 11.0 Å². The number of nitrogens with two attached hydrogens (primary N) is 1. The second-order valence-corrected chi connectivity index (χ2v) is 6.29. The number of imidazole rings is 1. The summed E-state index contributed by atoms with van der Waals surface area (Å²) in [5.41, 5.74) is 8.09. The van der Waals surface area contributed by atoms with Gasteiger partial charge in [-0.05, 0) is 36.8 Å². The van der Waals surface area contributed by atoms with Crippen LogP contribution >= 0.6 is 0 Å². The molecular formula is C17H27N3O. The average molecular weight is 289 g/mol. The zero-order valence-corrected chi connectivity index (χ0v) is 13.8.